The van der Waals surface area contributed by atoms with Gasteiger partial charge in [-0.15, -0.1) is 0 Å². The molecule has 0 aliphatic heterocycles. The normalized spacial score (nSPS) is 10.2. The van der Waals surface area contributed by atoms with E-state index in [0.717, 1.165) is 12.0 Å². The fourth-order valence-electron chi connectivity index (χ4n) is 2.05. The molecule has 0 aliphatic carbocycles. The Morgan fingerprint density at radius 2 is 1.83 bits per heavy atom. The molecule has 0 bridgehead atoms. The van der Waals surface area contributed by atoms with Gasteiger partial charge in [-0.3, -0.25) is 9.59 Å². The van der Waals surface area contributed by atoms with Crippen molar-refractivity contribution in [1.29, 1.82) is 0 Å². The first-order valence-electron chi connectivity index (χ1n) is 7.31. The summed E-state index contributed by atoms with van der Waals surface area (Å²) in [6.07, 6.45) is 0.796. The highest BCUT2D eigenvalue weighted by Gasteiger charge is 2.06. The number of ketones is 1. The van der Waals surface area contributed by atoms with E-state index in [1.807, 2.05) is 13.0 Å². The minimum absolute atomic E-state index is 0.0133. The van der Waals surface area contributed by atoms with Gasteiger partial charge in [-0.05, 0) is 61.4 Å². The molecule has 0 aliphatic rings. The molecule has 0 saturated carbocycles. The zero-order valence-electron chi connectivity index (χ0n) is 13.1. The molecule has 0 radical (unpaired) electrons. The second-order valence-corrected chi connectivity index (χ2v) is 5.48. The largest absolute Gasteiger partial charge is 0.484 e. The van der Waals surface area contributed by atoms with Gasteiger partial charge in [0.2, 0.25) is 0 Å². The Hall–Kier alpha value is -2.33. The number of ether oxygens (including phenoxy) is 1. The van der Waals surface area contributed by atoms with E-state index in [-0.39, 0.29) is 18.3 Å². The Labute approximate surface area is 140 Å². The molecule has 2 aromatic carbocycles. The van der Waals surface area contributed by atoms with Gasteiger partial charge in [-0.25, -0.2) is 0 Å². The molecule has 0 heterocycles. The number of hydrogen-bond donors (Lipinski definition) is 1. The van der Waals surface area contributed by atoms with Crippen LogP contribution in [0.5, 0.6) is 5.75 Å². The van der Waals surface area contributed by atoms with Crippen molar-refractivity contribution in [1.82, 2.24) is 0 Å². The lowest BCUT2D eigenvalue weighted by Gasteiger charge is -2.09. The predicted molar refractivity (Wildman–Crippen MR) is 91.4 cm³/mol. The standard InChI is InChI=1S/C18H18ClNO3/c1-3-13-10-16(8-9-17(13)19)23-11-18(22)20-15-6-4-14(5-7-15)12(2)21/h4-10H,3,11H2,1-2H3,(H,20,22). The average molecular weight is 332 g/mol. The third kappa shape index (κ3) is 4.83. The van der Waals surface area contributed by atoms with Crippen LogP contribution in [0.25, 0.3) is 0 Å². The van der Waals surface area contributed by atoms with Gasteiger partial charge in [0.15, 0.2) is 12.4 Å². The first-order valence-corrected chi connectivity index (χ1v) is 7.69. The first-order chi connectivity index (χ1) is 11.0. The highest BCUT2D eigenvalue weighted by atomic mass is 35.5. The fourth-order valence-corrected chi connectivity index (χ4v) is 2.30. The Morgan fingerprint density at radius 3 is 2.43 bits per heavy atom. The molecule has 0 unspecified atom stereocenters. The summed E-state index contributed by atoms with van der Waals surface area (Å²) in [7, 11) is 0. The van der Waals surface area contributed by atoms with Crippen molar-refractivity contribution in [2.45, 2.75) is 20.3 Å². The molecular weight excluding hydrogens is 314 g/mol. The van der Waals surface area contributed by atoms with Crippen molar-refractivity contribution in [3.8, 4) is 5.75 Å². The zero-order chi connectivity index (χ0) is 16.8. The van der Waals surface area contributed by atoms with Crippen molar-refractivity contribution >= 4 is 29.0 Å². The van der Waals surface area contributed by atoms with E-state index in [1.54, 1.807) is 36.4 Å². The van der Waals surface area contributed by atoms with E-state index < -0.39 is 0 Å². The van der Waals surface area contributed by atoms with Gasteiger partial charge >= 0.3 is 0 Å². The van der Waals surface area contributed by atoms with Crippen LogP contribution in [0, 0.1) is 0 Å². The lowest BCUT2D eigenvalue weighted by Crippen LogP contribution is -2.20. The van der Waals surface area contributed by atoms with Crippen LogP contribution in [-0.4, -0.2) is 18.3 Å². The summed E-state index contributed by atoms with van der Waals surface area (Å²) in [4.78, 5) is 23.1. The fraction of sp³-hybridized carbons (Fsp3) is 0.222. The molecule has 120 valence electrons. The number of halogens is 1. The van der Waals surface area contributed by atoms with Crippen LogP contribution in [0.1, 0.15) is 29.8 Å². The zero-order valence-corrected chi connectivity index (χ0v) is 13.8. The number of rotatable bonds is 6. The summed E-state index contributed by atoms with van der Waals surface area (Å²) in [5.41, 5.74) is 2.20. The van der Waals surface area contributed by atoms with Crippen molar-refractivity contribution in [3.63, 3.8) is 0 Å². The topological polar surface area (TPSA) is 55.4 Å². The Balaban J connectivity index is 1.91. The van der Waals surface area contributed by atoms with Gasteiger partial charge in [-0.2, -0.15) is 0 Å². The van der Waals surface area contributed by atoms with Crippen LogP contribution in [0.4, 0.5) is 5.69 Å². The molecule has 23 heavy (non-hydrogen) atoms. The Kier molecular flexibility index (Phi) is 5.77. The lowest BCUT2D eigenvalue weighted by atomic mass is 10.1. The van der Waals surface area contributed by atoms with E-state index >= 15 is 0 Å². The van der Waals surface area contributed by atoms with Gasteiger partial charge in [0, 0.05) is 16.3 Å². The van der Waals surface area contributed by atoms with Gasteiger partial charge in [-0.1, -0.05) is 18.5 Å². The van der Waals surface area contributed by atoms with Crippen molar-refractivity contribution in [2.75, 3.05) is 11.9 Å². The van der Waals surface area contributed by atoms with E-state index in [4.69, 9.17) is 16.3 Å². The summed E-state index contributed by atoms with van der Waals surface area (Å²) in [6, 6.07) is 12.0. The molecule has 1 amide bonds. The van der Waals surface area contributed by atoms with Gasteiger partial charge in [0.05, 0.1) is 0 Å². The number of hydrogen-bond acceptors (Lipinski definition) is 3. The molecule has 0 atom stereocenters. The molecule has 5 heteroatoms. The molecule has 1 N–H and O–H groups in total. The number of Topliss-reactive ketones (excluding diaryl/α,β-unsaturated/α-hetero) is 1. The first kappa shape index (κ1) is 17.0. The second kappa shape index (κ2) is 7.79. The van der Waals surface area contributed by atoms with Gasteiger partial charge in [0.1, 0.15) is 5.75 Å². The molecule has 0 aromatic heterocycles. The van der Waals surface area contributed by atoms with Crippen LogP contribution < -0.4 is 10.1 Å². The maximum absolute atomic E-state index is 11.9. The number of carbonyl (C=O) groups excluding carboxylic acids is 2. The molecule has 0 fully saturated rings. The Bertz CT molecular complexity index is 711. The monoisotopic (exact) mass is 331 g/mol. The summed E-state index contributed by atoms with van der Waals surface area (Å²) >= 11 is 6.04. The summed E-state index contributed by atoms with van der Waals surface area (Å²) in [6.45, 7) is 3.40. The highest BCUT2D eigenvalue weighted by molar-refractivity contribution is 6.31. The maximum atomic E-state index is 11.9. The van der Waals surface area contributed by atoms with Crippen LogP contribution in [-0.2, 0) is 11.2 Å². The van der Waals surface area contributed by atoms with Crippen LogP contribution in [0.15, 0.2) is 42.5 Å². The van der Waals surface area contributed by atoms with Crippen LogP contribution >= 0.6 is 11.6 Å². The van der Waals surface area contributed by atoms with Crippen molar-refractivity contribution < 1.29 is 14.3 Å². The van der Waals surface area contributed by atoms with E-state index in [2.05, 4.69) is 5.32 Å². The molecule has 0 spiro atoms. The maximum Gasteiger partial charge on any atom is 0.262 e. The second-order valence-electron chi connectivity index (χ2n) is 5.08. The molecule has 4 nitrogen and oxygen atoms in total. The van der Waals surface area contributed by atoms with Crippen LogP contribution in [0.2, 0.25) is 5.02 Å². The van der Waals surface area contributed by atoms with Crippen LogP contribution in [0.3, 0.4) is 0 Å². The predicted octanol–water partition coefficient (Wildman–Crippen LogP) is 4.12. The molecule has 0 saturated heterocycles. The van der Waals surface area contributed by atoms with E-state index in [1.165, 1.54) is 6.92 Å². The average Bonchev–Trinajstić information content (AvgIpc) is 2.54. The SMILES string of the molecule is CCc1cc(OCC(=O)Nc2ccc(C(C)=O)cc2)ccc1Cl. The lowest BCUT2D eigenvalue weighted by molar-refractivity contribution is -0.118. The van der Waals surface area contributed by atoms with Gasteiger partial charge < -0.3 is 10.1 Å². The minimum Gasteiger partial charge on any atom is -0.484 e. The number of benzene rings is 2. The summed E-state index contributed by atoms with van der Waals surface area (Å²) in [5, 5.41) is 3.41. The van der Waals surface area contributed by atoms with Crippen molar-refractivity contribution in [3.05, 3.63) is 58.6 Å². The molecular formula is C18H18ClNO3. The number of carbonyl (C=O) groups is 2. The minimum atomic E-state index is -0.270. The third-order valence-electron chi connectivity index (χ3n) is 3.34. The number of anilines is 1. The van der Waals surface area contributed by atoms with E-state index in [9.17, 15) is 9.59 Å². The summed E-state index contributed by atoms with van der Waals surface area (Å²) in [5.74, 6) is 0.322. The molecule has 2 aromatic rings. The summed E-state index contributed by atoms with van der Waals surface area (Å²) < 4.78 is 5.47. The number of amides is 1. The van der Waals surface area contributed by atoms with Crippen molar-refractivity contribution in [2.24, 2.45) is 0 Å². The smallest absolute Gasteiger partial charge is 0.262 e. The molecule has 2 rings (SSSR count). The quantitative estimate of drug-likeness (QED) is 0.810. The van der Waals surface area contributed by atoms with E-state index in [0.29, 0.717) is 22.0 Å². The van der Waals surface area contributed by atoms with Gasteiger partial charge in [0.25, 0.3) is 5.91 Å². The number of nitrogens with one attached hydrogen (secondary N) is 1. The number of aryl methyl sites for hydroxylation is 1. The highest BCUT2D eigenvalue weighted by Crippen LogP contribution is 2.22. The third-order valence-corrected chi connectivity index (χ3v) is 3.71. The Morgan fingerprint density at radius 1 is 1.13 bits per heavy atom.